The molecule has 3 aromatic rings. The molecule has 1 atom stereocenters. The number of hydrogen-bond acceptors (Lipinski definition) is 6. The van der Waals surface area contributed by atoms with Gasteiger partial charge in [0.05, 0.1) is 24.1 Å². The van der Waals surface area contributed by atoms with Crippen molar-refractivity contribution >= 4 is 28.8 Å². The summed E-state index contributed by atoms with van der Waals surface area (Å²) in [6.07, 6.45) is 0. The van der Waals surface area contributed by atoms with Crippen LogP contribution in [-0.4, -0.2) is 48.6 Å². The first-order chi connectivity index (χ1) is 14.1. The molecule has 0 aliphatic carbocycles. The third-order valence-electron chi connectivity index (χ3n) is 4.95. The summed E-state index contributed by atoms with van der Waals surface area (Å²) in [5, 5.41) is 5.66. The molecule has 1 aliphatic heterocycles. The number of halogens is 1. The van der Waals surface area contributed by atoms with E-state index in [4.69, 9.17) is 20.8 Å². The highest BCUT2D eigenvalue weighted by Gasteiger charge is 2.26. The number of carbonyl (C=O) groups is 1. The van der Waals surface area contributed by atoms with Gasteiger partial charge in [-0.15, -0.1) is 11.3 Å². The smallest absolute Gasteiger partial charge is 0.273 e. The Kier molecular flexibility index (Phi) is 6.30. The molecule has 0 saturated carbocycles. The molecule has 0 spiro atoms. The van der Waals surface area contributed by atoms with Crippen molar-refractivity contribution in [2.75, 3.05) is 32.8 Å². The highest BCUT2D eigenvalue weighted by atomic mass is 35.5. The zero-order chi connectivity index (χ0) is 20.2. The van der Waals surface area contributed by atoms with Gasteiger partial charge in [-0.2, -0.15) is 0 Å². The molecule has 152 valence electrons. The van der Waals surface area contributed by atoms with Crippen LogP contribution in [0.2, 0.25) is 5.02 Å². The second kappa shape index (κ2) is 9.09. The van der Waals surface area contributed by atoms with Crippen LogP contribution in [0.25, 0.3) is 10.8 Å². The molecule has 3 heterocycles. The summed E-state index contributed by atoms with van der Waals surface area (Å²) in [5.41, 5.74) is 1.31. The number of hydrogen-bond donors (Lipinski definition) is 1. The number of aromatic nitrogens is 1. The normalized spacial score (nSPS) is 15.9. The van der Waals surface area contributed by atoms with E-state index < -0.39 is 0 Å². The van der Waals surface area contributed by atoms with E-state index in [1.807, 2.05) is 41.8 Å². The van der Waals surface area contributed by atoms with E-state index in [1.165, 1.54) is 11.3 Å². The monoisotopic (exact) mass is 431 g/mol. The quantitative estimate of drug-likeness (QED) is 0.634. The van der Waals surface area contributed by atoms with Crippen LogP contribution in [0.5, 0.6) is 0 Å². The number of nitrogens with zero attached hydrogens (tertiary/aromatic N) is 2. The Bertz CT molecular complexity index is 967. The molecular weight excluding hydrogens is 410 g/mol. The van der Waals surface area contributed by atoms with Gasteiger partial charge in [0.15, 0.2) is 5.69 Å². The van der Waals surface area contributed by atoms with Crippen molar-refractivity contribution in [1.82, 2.24) is 15.2 Å². The Balaban J connectivity index is 1.51. The van der Waals surface area contributed by atoms with Crippen LogP contribution in [0.4, 0.5) is 0 Å². The van der Waals surface area contributed by atoms with E-state index >= 15 is 0 Å². The highest BCUT2D eigenvalue weighted by molar-refractivity contribution is 7.13. The molecule has 1 amide bonds. The number of morpholine rings is 1. The predicted molar refractivity (Wildman–Crippen MR) is 113 cm³/mol. The first-order valence-electron chi connectivity index (χ1n) is 9.49. The van der Waals surface area contributed by atoms with Crippen LogP contribution in [-0.2, 0) is 4.74 Å². The van der Waals surface area contributed by atoms with Gasteiger partial charge in [0.2, 0.25) is 5.89 Å². The molecule has 29 heavy (non-hydrogen) atoms. The average molecular weight is 432 g/mol. The van der Waals surface area contributed by atoms with Gasteiger partial charge in [-0.1, -0.05) is 35.9 Å². The largest absolute Gasteiger partial charge is 0.440 e. The molecule has 0 radical (unpaired) electrons. The predicted octanol–water partition coefficient (Wildman–Crippen LogP) is 4.17. The minimum Gasteiger partial charge on any atom is -0.440 e. The molecule has 8 heteroatoms. The summed E-state index contributed by atoms with van der Waals surface area (Å²) in [5.74, 6) is 0.726. The molecule has 1 N–H and O–H groups in total. The third kappa shape index (κ3) is 4.53. The maximum absolute atomic E-state index is 12.8. The highest BCUT2D eigenvalue weighted by Crippen LogP contribution is 2.29. The van der Waals surface area contributed by atoms with E-state index in [2.05, 4.69) is 15.2 Å². The second-order valence-electron chi connectivity index (χ2n) is 6.80. The Labute approximate surface area is 178 Å². The summed E-state index contributed by atoms with van der Waals surface area (Å²) < 4.78 is 11.2. The van der Waals surface area contributed by atoms with Crippen molar-refractivity contribution in [2.45, 2.75) is 13.0 Å². The van der Waals surface area contributed by atoms with E-state index in [1.54, 1.807) is 6.92 Å². The molecule has 1 fully saturated rings. The van der Waals surface area contributed by atoms with Crippen molar-refractivity contribution in [2.24, 2.45) is 0 Å². The van der Waals surface area contributed by atoms with Crippen LogP contribution >= 0.6 is 22.9 Å². The lowest BCUT2D eigenvalue weighted by Crippen LogP contribution is -2.44. The van der Waals surface area contributed by atoms with E-state index in [9.17, 15) is 4.79 Å². The minimum atomic E-state index is -0.251. The zero-order valence-corrected chi connectivity index (χ0v) is 17.6. The topological polar surface area (TPSA) is 67.6 Å². The number of carbonyl (C=O) groups excluding carboxylic acids is 1. The van der Waals surface area contributed by atoms with Crippen molar-refractivity contribution in [3.05, 3.63) is 63.8 Å². The number of aryl methyl sites for hydroxylation is 1. The summed E-state index contributed by atoms with van der Waals surface area (Å²) in [4.78, 5) is 20.4. The molecule has 2 aromatic heterocycles. The number of rotatable bonds is 6. The summed E-state index contributed by atoms with van der Waals surface area (Å²) in [7, 11) is 0. The molecule has 4 rings (SSSR count). The Morgan fingerprint density at radius 1 is 1.28 bits per heavy atom. The number of ether oxygens (including phenoxy) is 1. The van der Waals surface area contributed by atoms with Crippen molar-refractivity contribution < 1.29 is 13.9 Å². The molecule has 0 bridgehead atoms. The first kappa shape index (κ1) is 20.1. The van der Waals surface area contributed by atoms with Gasteiger partial charge in [-0.25, -0.2) is 4.98 Å². The van der Waals surface area contributed by atoms with Crippen molar-refractivity contribution in [3.63, 3.8) is 0 Å². The van der Waals surface area contributed by atoms with Crippen molar-refractivity contribution in [3.8, 4) is 10.8 Å². The minimum absolute atomic E-state index is 0.0412. The lowest BCUT2D eigenvalue weighted by molar-refractivity contribution is 0.0162. The van der Waals surface area contributed by atoms with Crippen molar-refractivity contribution in [1.29, 1.82) is 0 Å². The third-order valence-corrected chi connectivity index (χ3v) is 6.15. The number of benzene rings is 1. The van der Waals surface area contributed by atoms with Crippen LogP contribution < -0.4 is 5.32 Å². The van der Waals surface area contributed by atoms with Gasteiger partial charge in [-0.3, -0.25) is 9.69 Å². The number of nitrogens with one attached hydrogen (secondary N) is 1. The van der Waals surface area contributed by atoms with Crippen LogP contribution in [0.3, 0.4) is 0 Å². The Morgan fingerprint density at radius 3 is 2.79 bits per heavy atom. The fraction of sp³-hybridized carbons (Fsp3) is 0.333. The molecule has 1 saturated heterocycles. The Hall–Kier alpha value is -2.19. The number of thiophene rings is 1. The van der Waals surface area contributed by atoms with Crippen LogP contribution in [0.1, 0.15) is 27.9 Å². The molecule has 1 aliphatic rings. The first-order valence-corrected chi connectivity index (χ1v) is 10.7. The fourth-order valence-corrected chi connectivity index (χ4v) is 4.37. The standard InChI is InChI=1S/C21H22ClN3O3S/c1-14-19(24-21(28-14)18-7-4-12-29-18)20(26)23-13-17(25-8-10-27-11-9-25)15-5-2-3-6-16(15)22/h2-7,12,17H,8-11,13H2,1H3,(H,23,26). The van der Waals surface area contributed by atoms with Crippen LogP contribution in [0, 0.1) is 6.92 Å². The summed E-state index contributed by atoms with van der Waals surface area (Å²) in [6.45, 7) is 5.09. The van der Waals surface area contributed by atoms with Gasteiger partial charge >= 0.3 is 0 Å². The average Bonchev–Trinajstić information content (AvgIpc) is 3.40. The molecule has 1 aromatic carbocycles. The van der Waals surface area contributed by atoms with Gasteiger partial charge in [0, 0.05) is 24.7 Å². The number of amides is 1. The van der Waals surface area contributed by atoms with E-state index in [0.29, 0.717) is 42.1 Å². The van der Waals surface area contributed by atoms with E-state index in [-0.39, 0.29) is 11.9 Å². The SMILES string of the molecule is Cc1oc(-c2cccs2)nc1C(=O)NCC(c1ccccc1Cl)N1CCOCC1. The molecular formula is C21H22ClN3O3S. The lowest BCUT2D eigenvalue weighted by atomic mass is 10.0. The maximum atomic E-state index is 12.8. The van der Waals surface area contributed by atoms with Gasteiger partial charge in [-0.05, 0) is 30.0 Å². The maximum Gasteiger partial charge on any atom is 0.273 e. The van der Waals surface area contributed by atoms with Gasteiger partial charge in [0.25, 0.3) is 5.91 Å². The number of oxazole rings is 1. The van der Waals surface area contributed by atoms with E-state index in [0.717, 1.165) is 23.5 Å². The molecule has 6 nitrogen and oxygen atoms in total. The van der Waals surface area contributed by atoms with Crippen LogP contribution in [0.15, 0.2) is 46.2 Å². The fourth-order valence-electron chi connectivity index (χ4n) is 3.46. The molecule has 1 unspecified atom stereocenters. The van der Waals surface area contributed by atoms with Gasteiger partial charge in [0.1, 0.15) is 5.76 Å². The lowest BCUT2D eigenvalue weighted by Gasteiger charge is -2.35. The second-order valence-corrected chi connectivity index (χ2v) is 8.15. The zero-order valence-electron chi connectivity index (χ0n) is 16.1. The Morgan fingerprint density at radius 2 is 2.07 bits per heavy atom. The van der Waals surface area contributed by atoms with Gasteiger partial charge < -0.3 is 14.5 Å². The summed E-state index contributed by atoms with van der Waals surface area (Å²) in [6, 6.07) is 11.6. The summed E-state index contributed by atoms with van der Waals surface area (Å²) >= 11 is 7.98.